The van der Waals surface area contributed by atoms with Crippen molar-refractivity contribution in [3.05, 3.63) is 6.07 Å². The summed E-state index contributed by atoms with van der Waals surface area (Å²) in [6.07, 6.45) is -0.571. The van der Waals surface area contributed by atoms with Crippen molar-refractivity contribution in [2.45, 2.75) is 13.0 Å². The van der Waals surface area contributed by atoms with Gasteiger partial charge in [0.15, 0.2) is 0 Å². The normalized spacial score (nSPS) is 12.2. The lowest BCUT2D eigenvalue weighted by Crippen LogP contribution is -2.32. The van der Waals surface area contributed by atoms with E-state index in [0.717, 1.165) is 6.54 Å². The second-order valence-electron chi connectivity index (χ2n) is 3.99. The molecular weight excluding hydrogens is 234 g/mol. The molecule has 0 aliphatic heterocycles. The Hall–Kier alpha value is -1.60. The van der Waals surface area contributed by atoms with Crippen LogP contribution >= 0.6 is 0 Å². The van der Waals surface area contributed by atoms with Crippen molar-refractivity contribution in [3.63, 3.8) is 0 Å². The fraction of sp³-hybridized carbons (Fsp3) is 0.636. The van der Waals surface area contributed by atoms with E-state index in [2.05, 4.69) is 15.3 Å². The van der Waals surface area contributed by atoms with E-state index < -0.39 is 6.10 Å². The Kier molecular flexibility index (Phi) is 5.60. The number of anilines is 3. The summed E-state index contributed by atoms with van der Waals surface area (Å²) in [5.41, 5.74) is 5.64. The van der Waals surface area contributed by atoms with E-state index in [-0.39, 0.29) is 12.6 Å². The minimum absolute atomic E-state index is 0.205. The predicted molar refractivity (Wildman–Crippen MR) is 71.8 cm³/mol. The molecule has 0 spiro atoms. The maximum Gasteiger partial charge on any atom is 0.223 e. The topological polar surface area (TPSA) is 96.5 Å². The molecule has 18 heavy (non-hydrogen) atoms. The van der Waals surface area contributed by atoms with E-state index in [1.807, 2.05) is 18.9 Å². The summed E-state index contributed by atoms with van der Waals surface area (Å²) < 4.78 is 4.88. The molecule has 0 radical (unpaired) electrons. The molecule has 0 saturated heterocycles. The van der Waals surface area contributed by atoms with Gasteiger partial charge < -0.3 is 25.8 Å². The average molecular weight is 255 g/mol. The van der Waals surface area contributed by atoms with Crippen LogP contribution in [-0.2, 0) is 4.74 Å². The van der Waals surface area contributed by atoms with E-state index in [1.54, 1.807) is 13.2 Å². The summed E-state index contributed by atoms with van der Waals surface area (Å²) >= 11 is 0. The number of hydrogen-bond acceptors (Lipinski definition) is 7. The quantitative estimate of drug-likeness (QED) is 0.627. The smallest absolute Gasteiger partial charge is 0.223 e. The highest BCUT2D eigenvalue weighted by Crippen LogP contribution is 2.15. The molecule has 0 aliphatic rings. The lowest BCUT2D eigenvalue weighted by atomic mass is 10.3. The number of likely N-dealkylation sites (N-methyl/N-ethyl adjacent to an activating group) is 1. The number of aliphatic hydroxyl groups is 1. The maximum absolute atomic E-state index is 9.67. The molecule has 0 aliphatic carbocycles. The fourth-order valence-corrected chi connectivity index (χ4v) is 1.57. The minimum atomic E-state index is -0.571. The van der Waals surface area contributed by atoms with Crippen LogP contribution in [0.25, 0.3) is 0 Å². The summed E-state index contributed by atoms with van der Waals surface area (Å²) in [6, 6.07) is 1.79. The van der Waals surface area contributed by atoms with Crippen LogP contribution in [0.15, 0.2) is 6.07 Å². The maximum atomic E-state index is 9.67. The molecule has 7 nitrogen and oxygen atoms in total. The van der Waals surface area contributed by atoms with Gasteiger partial charge in [0.1, 0.15) is 11.6 Å². The van der Waals surface area contributed by atoms with Crippen molar-refractivity contribution in [2.75, 3.05) is 49.8 Å². The first-order valence-electron chi connectivity index (χ1n) is 5.83. The van der Waals surface area contributed by atoms with Gasteiger partial charge in [0.2, 0.25) is 5.95 Å². The number of nitrogens with two attached hydrogens (primary N) is 1. The van der Waals surface area contributed by atoms with E-state index in [0.29, 0.717) is 18.2 Å². The first kappa shape index (κ1) is 14.5. The average Bonchev–Trinajstić information content (AvgIpc) is 2.28. The Morgan fingerprint density at radius 3 is 2.89 bits per heavy atom. The van der Waals surface area contributed by atoms with Gasteiger partial charge >= 0.3 is 0 Å². The second-order valence-corrected chi connectivity index (χ2v) is 3.99. The first-order chi connectivity index (χ1) is 8.56. The highest BCUT2D eigenvalue weighted by Gasteiger charge is 2.11. The number of aliphatic hydroxyl groups excluding tert-OH is 1. The molecule has 102 valence electrons. The van der Waals surface area contributed by atoms with Gasteiger partial charge in [0.05, 0.1) is 12.7 Å². The van der Waals surface area contributed by atoms with Crippen molar-refractivity contribution in [1.82, 2.24) is 9.97 Å². The number of nitrogens with one attached hydrogen (secondary N) is 1. The highest BCUT2D eigenvalue weighted by atomic mass is 16.5. The van der Waals surface area contributed by atoms with E-state index in [1.165, 1.54) is 0 Å². The zero-order valence-electron chi connectivity index (χ0n) is 11.1. The molecular formula is C11H21N5O2. The lowest BCUT2D eigenvalue weighted by molar-refractivity contribution is 0.0694. The van der Waals surface area contributed by atoms with Gasteiger partial charge in [-0.15, -0.1) is 0 Å². The Bertz CT molecular complexity index is 374. The molecule has 0 amide bonds. The molecule has 7 heteroatoms. The number of aromatic nitrogens is 2. The Morgan fingerprint density at radius 1 is 1.56 bits per heavy atom. The molecule has 1 aromatic heterocycles. The largest absolute Gasteiger partial charge is 0.389 e. The van der Waals surface area contributed by atoms with Gasteiger partial charge in [-0.2, -0.15) is 9.97 Å². The number of methoxy groups -OCH3 is 1. The van der Waals surface area contributed by atoms with Crippen molar-refractivity contribution in [2.24, 2.45) is 0 Å². The molecule has 1 aromatic rings. The van der Waals surface area contributed by atoms with Gasteiger partial charge in [0, 0.05) is 33.3 Å². The number of ether oxygens (including phenoxy) is 1. The van der Waals surface area contributed by atoms with Gasteiger partial charge in [-0.1, -0.05) is 0 Å². The first-order valence-corrected chi connectivity index (χ1v) is 5.83. The van der Waals surface area contributed by atoms with Gasteiger partial charge in [-0.25, -0.2) is 0 Å². The Balaban J connectivity index is 2.74. The second kappa shape index (κ2) is 6.97. The fourth-order valence-electron chi connectivity index (χ4n) is 1.57. The summed E-state index contributed by atoms with van der Waals surface area (Å²) in [5, 5.41) is 12.7. The van der Waals surface area contributed by atoms with Crippen molar-refractivity contribution in [1.29, 1.82) is 0 Å². The van der Waals surface area contributed by atoms with Crippen LogP contribution in [-0.4, -0.2) is 55.0 Å². The standard InChI is InChI=1S/C11H21N5O2/c1-4-13-9-5-10(15-11(12)14-9)16(2)6-8(17)7-18-3/h5,8,17H,4,6-7H2,1-3H3,(H3,12,13,14,15). The Morgan fingerprint density at radius 2 is 2.28 bits per heavy atom. The van der Waals surface area contributed by atoms with Crippen LogP contribution < -0.4 is 16.0 Å². The lowest BCUT2D eigenvalue weighted by Gasteiger charge is -2.22. The molecule has 1 heterocycles. The van der Waals surface area contributed by atoms with Crippen LogP contribution in [0, 0.1) is 0 Å². The van der Waals surface area contributed by atoms with Crippen molar-refractivity contribution < 1.29 is 9.84 Å². The SMILES string of the molecule is CCNc1cc(N(C)CC(O)COC)nc(N)n1. The van der Waals surface area contributed by atoms with Gasteiger partial charge in [-0.05, 0) is 6.92 Å². The van der Waals surface area contributed by atoms with Crippen LogP contribution in [0.2, 0.25) is 0 Å². The summed E-state index contributed by atoms with van der Waals surface area (Å²) in [4.78, 5) is 10.0. The Labute approximate surface area is 107 Å². The molecule has 1 atom stereocenters. The molecule has 0 saturated carbocycles. The minimum Gasteiger partial charge on any atom is -0.389 e. The predicted octanol–water partition coefficient (Wildman–Crippen LogP) is -0.0659. The third-order valence-corrected chi connectivity index (χ3v) is 2.32. The zero-order chi connectivity index (χ0) is 13.5. The molecule has 0 fully saturated rings. The zero-order valence-corrected chi connectivity index (χ0v) is 11.1. The van der Waals surface area contributed by atoms with Crippen molar-refractivity contribution >= 4 is 17.6 Å². The molecule has 0 aromatic carbocycles. The van der Waals surface area contributed by atoms with E-state index >= 15 is 0 Å². The molecule has 0 bridgehead atoms. The number of nitrogens with zero attached hydrogens (tertiary/aromatic N) is 3. The molecule has 1 rings (SSSR count). The molecule has 1 unspecified atom stereocenters. The van der Waals surface area contributed by atoms with Gasteiger partial charge in [0.25, 0.3) is 0 Å². The third-order valence-electron chi connectivity index (χ3n) is 2.32. The van der Waals surface area contributed by atoms with Crippen LogP contribution in [0.3, 0.4) is 0 Å². The number of rotatable bonds is 7. The third kappa shape index (κ3) is 4.34. The highest BCUT2D eigenvalue weighted by molar-refractivity contribution is 5.52. The molecule has 4 N–H and O–H groups in total. The number of hydrogen-bond donors (Lipinski definition) is 3. The summed E-state index contributed by atoms with van der Waals surface area (Å²) in [5.74, 6) is 1.54. The van der Waals surface area contributed by atoms with E-state index in [4.69, 9.17) is 10.5 Å². The van der Waals surface area contributed by atoms with Crippen molar-refractivity contribution in [3.8, 4) is 0 Å². The number of nitrogen functional groups attached to an aromatic ring is 1. The van der Waals surface area contributed by atoms with E-state index in [9.17, 15) is 5.11 Å². The van der Waals surface area contributed by atoms with Gasteiger partial charge in [-0.3, -0.25) is 0 Å². The summed E-state index contributed by atoms with van der Waals surface area (Å²) in [7, 11) is 3.38. The van der Waals surface area contributed by atoms with Crippen LogP contribution in [0.1, 0.15) is 6.92 Å². The van der Waals surface area contributed by atoms with Crippen LogP contribution in [0.5, 0.6) is 0 Å². The monoisotopic (exact) mass is 255 g/mol. The van der Waals surface area contributed by atoms with Crippen LogP contribution in [0.4, 0.5) is 17.6 Å². The summed E-state index contributed by atoms with van der Waals surface area (Å²) in [6.45, 7) is 3.43.